The van der Waals surface area contributed by atoms with Crippen molar-refractivity contribution < 1.29 is 24.9 Å². The number of hydrogen-bond donors (Lipinski definition) is 3. The molecule has 1 heterocycles. The SMILES string of the molecule is C[C@@H]1CCC[C@H](O)CCC/C=C/c2cc(O)cc(O)c2C(=O)O1. The molecule has 2 rings (SSSR count). The number of rotatable bonds is 0. The van der Waals surface area contributed by atoms with Crippen LogP contribution in [0.25, 0.3) is 6.08 Å². The van der Waals surface area contributed by atoms with Gasteiger partial charge in [-0.25, -0.2) is 4.79 Å². The molecule has 0 aromatic heterocycles. The quantitative estimate of drug-likeness (QED) is 0.638. The molecule has 1 aromatic rings. The minimum absolute atomic E-state index is 0.0722. The molecule has 0 fully saturated rings. The zero-order valence-corrected chi connectivity index (χ0v) is 13.4. The Bertz CT molecular complexity index is 579. The average molecular weight is 320 g/mol. The summed E-state index contributed by atoms with van der Waals surface area (Å²) in [5, 5.41) is 29.5. The maximum Gasteiger partial charge on any atom is 0.342 e. The molecule has 5 heteroatoms. The van der Waals surface area contributed by atoms with Gasteiger partial charge in [-0.3, -0.25) is 0 Å². The summed E-state index contributed by atoms with van der Waals surface area (Å²) in [6.07, 6.45) is 7.39. The molecule has 23 heavy (non-hydrogen) atoms. The number of carbonyl (C=O) groups excluding carboxylic acids is 1. The molecule has 2 atom stereocenters. The van der Waals surface area contributed by atoms with Crippen molar-refractivity contribution in [3.8, 4) is 11.5 Å². The van der Waals surface area contributed by atoms with Crippen LogP contribution in [0.1, 0.15) is 61.4 Å². The minimum atomic E-state index is -0.604. The highest BCUT2D eigenvalue weighted by atomic mass is 16.5. The number of esters is 1. The zero-order valence-electron chi connectivity index (χ0n) is 13.4. The Balaban J connectivity index is 2.30. The van der Waals surface area contributed by atoms with E-state index in [9.17, 15) is 20.1 Å². The van der Waals surface area contributed by atoms with E-state index in [-0.39, 0.29) is 29.3 Å². The van der Waals surface area contributed by atoms with Gasteiger partial charge in [0.1, 0.15) is 17.1 Å². The van der Waals surface area contributed by atoms with Gasteiger partial charge in [0.2, 0.25) is 0 Å². The number of aliphatic hydroxyl groups excluding tert-OH is 1. The smallest absolute Gasteiger partial charge is 0.342 e. The summed E-state index contributed by atoms with van der Waals surface area (Å²) >= 11 is 0. The van der Waals surface area contributed by atoms with Crippen LogP contribution in [-0.4, -0.2) is 33.5 Å². The van der Waals surface area contributed by atoms with Crippen LogP contribution in [-0.2, 0) is 4.74 Å². The largest absolute Gasteiger partial charge is 0.508 e. The van der Waals surface area contributed by atoms with Crippen LogP contribution in [0.2, 0.25) is 0 Å². The number of phenolic OH excluding ortho intramolecular Hbond substituents is 2. The monoisotopic (exact) mass is 320 g/mol. The van der Waals surface area contributed by atoms with Gasteiger partial charge in [0.25, 0.3) is 0 Å². The Kier molecular flexibility index (Phi) is 6.04. The van der Waals surface area contributed by atoms with E-state index in [4.69, 9.17) is 4.74 Å². The third-order valence-corrected chi connectivity index (χ3v) is 4.00. The molecule has 3 N–H and O–H groups in total. The van der Waals surface area contributed by atoms with Gasteiger partial charge >= 0.3 is 5.97 Å². The fraction of sp³-hybridized carbons (Fsp3) is 0.500. The molecule has 0 saturated carbocycles. The Morgan fingerprint density at radius 2 is 1.87 bits per heavy atom. The van der Waals surface area contributed by atoms with Gasteiger partial charge in [-0.15, -0.1) is 0 Å². The predicted molar refractivity (Wildman–Crippen MR) is 87.4 cm³/mol. The highest BCUT2D eigenvalue weighted by Gasteiger charge is 2.20. The third-order valence-electron chi connectivity index (χ3n) is 4.00. The van der Waals surface area contributed by atoms with Gasteiger partial charge < -0.3 is 20.1 Å². The maximum atomic E-state index is 12.3. The van der Waals surface area contributed by atoms with Crippen molar-refractivity contribution in [3.05, 3.63) is 29.3 Å². The first-order valence-electron chi connectivity index (χ1n) is 8.09. The van der Waals surface area contributed by atoms with Gasteiger partial charge in [-0.2, -0.15) is 0 Å². The lowest BCUT2D eigenvalue weighted by Crippen LogP contribution is -2.17. The normalized spacial score (nSPS) is 25.0. The van der Waals surface area contributed by atoms with Crippen molar-refractivity contribution in [1.82, 2.24) is 0 Å². The van der Waals surface area contributed by atoms with Crippen LogP contribution in [0.4, 0.5) is 0 Å². The number of phenols is 2. The fourth-order valence-corrected chi connectivity index (χ4v) is 2.75. The topological polar surface area (TPSA) is 87.0 Å². The molecule has 0 amide bonds. The molecule has 1 aliphatic rings. The number of carbonyl (C=O) groups is 1. The highest BCUT2D eigenvalue weighted by molar-refractivity contribution is 5.97. The molecule has 5 nitrogen and oxygen atoms in total. The number of aliphatic hydroxyl groups is 1. The number of hydrogen-bond acceptors (Lipinski definition) is 5. The van der Waals surface area contributed by atoms with Crippen LogP contribution < -0.4 is 0 Å². The molecule has 0 spiro atoms. The van der Waals surface area contributed by atoms with Crippen LogP contribution in [0.3, 0.4) is 0 Å². The second-order valence-electron chi connectivity index (χ2n) is 6.06. The second kappa shape index (κ2) is 8.02. The number of allylic oxidation sites excluding steroid dienone is 1. The molecule has 1 aliphatic heterocycles. The first-order chi connectivity index (χ1) is 11.0. The standard InChI is InChI=1S/C18H24O5/c1-12-6-5-9-14(19)8-4-2-3-7-13-10-15(20)11-16(21)17(13)18(22)23-12/h3,7,10-12,14,19-21H,2,4-6,8-9H2,1H3/b7-3+/t12-,14-/m1/s1. The van der Waals surface area contributed by atoms with Crippen molar-refractivity contribution in [2.24, 2.45) is 0 Å². The van der Waals surface area contributed by atoms with Gasteiger partial charge in [0, 0.05) is 6.07 Å². The van der Waals surface area contributed by atoms with Gasteiger partial charge in [-0.1, -0.05) is 12.2 Å². The summed E-state index contributed by atoms with van der Waals surface area (Å²) in [5.74, 6) is -1.00. The van der Waals surface area contributed by atoms with Crippen molar-refractivity contribution in [1.29, 1.82) is 0 Å². The lowest BCUT2D eigenvalue weighted by Gasteiger charge is -2.17. The predicted octanol–water partition coefficient (Wildman–Crippen LogP) is 3.37. The fourth-order valence-electron chi connectivity index (χ4n) is 2.75. The summed E-state index contributed by atoms with van der Waals surface area (Å²) in [6, 6.07) is 2.57. The Labute approximate surface area is 136 Å². The van der Waals surface area contributed by atoms with Crippen LogP contribution >= 0.6 is 0 Å². The van der Waals surface area contributed by atoms with Gasteiger partial charge in [0.15, 0.2) is 0 Å². The summed E-state index contributed by atoms with van der Waals surface area (Å²) in [7, 11) is 0. The van der Waals surface area contributed by atoms with E-state index in [1.54, 1.807) is 13.0 Å². The van der Waals surface area contributed by atoms with E-state index in [2.05, 4.69) is 0 Å². The Morgan fingerprint density at radius 3 is 2.65 bits per heavy atom. The van der Waals surface area contributed by atoms with Crippen molar-refractivity contribution in [3.63, 3.8) is 0 Å². The van der Waals surface area contributed by atoms with Gasteiger partial charge in [0.05, 0.1) is 12.2 Å². The lowest BCUT2D eigenvalue weighted by atomic mass is 10.0. The molecule has 0 radical (unpaired) electrons. The van der Waals surface area contributed by atoms with E-state index in [0.29, 0.717) is 18.4 Å². The van der Waals surface area contributed by atoms with Crippen LogP contribution in [0.15, 0.2) is 18.2 Å². The van der Waals surface area contributed by atoms with E-state index in [0.717, 1.165) is 31.7 Å². The first kappa shape index (κ1) is 17.3. The molecule has 1 aromatic carbocycles. The first-order valence-corrected chi connectivity index (χ1v) is 8.09. The Hall–Kier alpha value is -2.01. The maximum absolute atomic E-state index is 12.3. The molecule has 0 bridgehead atoms. The molecule has 0 aliphatic carbocycles. The lowest BCUT2D eigenvalue weighted by molar-refractivity contribution is 0.0307. The number of fused-ring (bicyclic) bond motifs is 1. The average Bonchev–Trinajstić information content (AvgIpc) is 2.45. The summed E-state index contributed by atoms with van der Waals surface area (Å²) < 4.78 is 5.38. The van der Waals surface area contributed by atoms with Gasteiger partial charge in [-0.05, 0) is 57.1 Å². The van der Waals surface area contributed by atoms with Crippen LogP contribution in [0.5, 0.6) is 11.5 Å². The summed E-state index contributed by atoms with van der Waals surface area (Å²) in [5.41, 5.74) is 0.500. The zero-order chi connectivity index (χ0) is 16.8. The molecular formula is C18H24O5. The van der Waals surface area contributed by atoms with E-state index in [1.165, 1.54) is 6.07 Å². The number of ether oxygens (including phenoxy) is 1. The van der Waals surface area contributed by atoms with Crippen molar-refractivity contribution in [2.45, 2.75) is 57.7 Å². The molecular weight excluding hydrogens is 296 g/mol. The van der Waals surface area contributed by atoms with Crippen molar-refractivity contribution >= 4 is 12.0 Å². The third kappa shape index (κ3) is 4.99. The van der Waals surface area contributed by atoms with Crippen LogP contribution in [0, 0.1) is 0 Å². The second-order valence-corrected chi connectivity index (χ2v) is 6.06. The number of aromatic hydroxyl groups is 2. The van der Waals surface area contributed by atoms with E-state index in [1.807, 2.05) is 6.08 Å². The number of benzene rings is 1. The Morgan fingerprint density at radius 1 is 1.13 bits per heavy atom. The van der Waals surface area contributed by atoms with E-state index < -0.39 is 5.97 Å². The molecule has 126 valence electrons. The highest BCUT2D eigenvalue weighted by Crippen LogP contribution is 2.30. The summed E-state index contributed by atoms with van der Waals surface area (Å²) in [6.45, 7) is 1.79. The van der Waals surface area contributed by atoms with E-state index >= 15 is 0 Å². The molecule has 0 unspecified atom stereocenters. The summed E-state index contributed by atoms with van der Waals surface area (Å²) in [4.78, 5) is 12.3. The number of cyclic esters (lactones) is 1. The molecule has 0 saturated heterocycles. The minimum Gasteiger partial charge on any atom is -0.508 e. The van der Waals surface area contributed by atoms with Crippen molar-refractivity contribution in [2.75, 3.05) is 0 Å².